The lowest BCUT2D eigenvalue weighted by molar-refractivity contribution is -0.139. The van der Waals surface area contributed by atoms with E-state index < -0.39 is 17.9 Å². The first kappa shape index (κ1) is 25.4. The van der Waals surface area contributed by atoms with Gasteiger partial charge in [-0.2, -0.15) is 24.4 Å². The number of carbonyl (C=O) groups is 2. The van der Waals surface area contributed by atoms with Crippen LogP contribution in [0.4, 0.5) is 0 Å². The minimum atomic E-state index is -1.04. The number of thioether (sulfide) groups is 1. The summed E-state index contributed by atoms with van der Waals surface area (Å²) in [6, 6.07) is 5.76. The van der Waals surface area contributed by atoms with Crippen molar-refractivity contribution in [3.63, 3.8) is 0 Å². The Labute approximate surface area is 183 Å². The Bertz CT molecular complexity index is 682. The van der Waals surface area contributed by atoms with Crippen LogP contribution < -0.4 is 15.8 Å². The van der Waals surface area contributed by atoms with Crippen molar-refractivity contribution in [2.75, 3.05) is 24.4 Å². The quantitative estimate of drug-likeness (QED) is 0.278. The van der Waals surface area contributed by atoms with Crippen molar-refractivity contribution in [3.8, 4) is 5.75 Å². The first-order valence-electron chi connectivity index (χ1n) is 9.58. The Morgan fingerprint density at radius 3 is 2.66 bits per heavy atom. The molecule has 0 bridgehead atoms. The molecule has 0 radical (unpaired) electrons. The summed E-state index contributed by atoms with van der Waals surface area (Å²) < 4.78 is 5.89. The molecule has 0 fully saturated rings. The molecule has 1 amide bonds. The molecule has 0 aliphatic heterocycles. The van der Waals surface area contributed by atoms with Crippen LogP contribution in [-0.2, 0) is 4.79 Å². The number of rotatable bonds is 13. The molecule has 0 saturated carbocycles. The van der Waals surface area contributed by atoms with Crippen LogP contribution in [-0.4, -0.2) is 53.4 Å². The highest BCUT2D eigenvalue weighted by Gasteiger charge is 2.20. The van der Waals surface area contributed by atoms with Crippen LogP contribution in [0.15, 0.2) is 36.4 Å². The van der Waals surface area contributed by atoms with Crippen LogP contribution in [0.25, 0.3) is 0 Å². The van der Waals surface area contributed by atoms with E-state index in [1.807, 2.05) is 18.4 Å². The van der Waals surface area contributed by atoms with Gasteiger partial charge in [0.1, 0.15) is 11.8 Å². The zero-order valence-corrected chi connectivity index (χ0v) is 18.9. The maximum absolute atomic E-state index is 12.5. The van der Waals surface area contributed by atoms with Crippen LogP contribution in [0.1, 0.15) is 30.6 Å². The molecule has 0 aliphatic rings. The number of nitrogens with two attached hydrogens (primary N) is 1. The highest BCUT2D eigenvalue weighted by atomic mass is 32.2. The summed E-state index contributed by atoms with van der Waals surface area (Å²) in [6.07, 6.45) is 6.25. The molecule has 3 atom stereocenters. The van der Waals surface area contributed by atoms with E-state index in [2.05, 4.69) is 31.8 Å². The normalized spacial score (nSPS) is 14.6. The number of thiol groups is 1. The number of hydrogen-bond acceptors (Lipinski definition) is 6. The topological polar surface area (TPSA) is 102 Å². The molecule has 29 heavy (non-hydrogen) atoms. The van der Waals surface area contributed by atoms with Crippen LogP contribution >= 0.6 is 24.4 Å². The van der Waals surface area contributed by atoms with Gasteiger partial charge in [-0.05, 0) is 42.5 Å². The maximum atomic E-state index is 12.5. The molecule has 0 aromatic heterocycles. The molecule has 8 heteroatoms. The van der Waals surface area contributed by atoms with Crippen LogP contribution in [0.3, 0.4) is 0 Å². The van der Waals surface area contributed by atoms with Crippen LogP contribution in [0, 0.1) is 11.8 Å². The van der Waals surface area contributed by atoms with Gasteiger partial charge in [0.05, 0.1) is 6.61 Å². The molecule has 1 aromatic rings. The fraction of sp³-hybridized carbons (Fsp3) is 0.524. The molecule has 0 heterocycles. The van der Waals surface area contributed by atoms with Gasteiger partial charge in [0.25, 0.3) is 5.91 Å². The molecule has 0 aliphatic carbocycles. The van der Waals surface area contributed by atoms with Crippen molar-refractivity contribution in [2.24, 2.45) is 17.6 Å². The monoisotopic (exact) mass is 440 g/mol. The first-order chi connectivity index (χ1) is 13.8. The van der Waals surface area contributed by atoms with Crippen molar-refractivity contribution >= 4 is 36.3 Å². The largest absolute Gasteiger partial charge is 0.493 e. The minimum Gasteiger partial charge on any atom is -0.493 e. The fourth-order valence-electron chi connectivity index (χ4n) is 2.47. The van der Waals surface area contributed by atoms with Crippen molar-refractivity contribution in [2.45, 2.75) is 32.4 Å². The Kier molecular flexibility index (Phi) is 11.9. The molecule has 0 saturated heterocycles. The van der Waals surface area contributed by atoms with Gasteiger partial charge in [0.2, 0.25) is 0 Å². The summed E-state index contributed by atoms with van der Waals surface area (Å²) in [4.78, 5) is 23.8. The Hall–Kier alpha value is -1.64. The molecule has 162 valence electrons. The summed E-state index contributed by atoms with van der Waals surface area (Å²) in [5, 5.41) is 11.9. The summed E-state index contributed by atoms with van der Waals surface area (Å²) in [5.74, 6) is 0.856. The number of amides is 1. The van der Waals surface area contributed by atoms with Gasteiger partial charge < -0.3 is 20.9 Å². The van der Waals surface area contributed by atoms with E-state index in [4.69, 9.17) is 10.5 Å². The lowest BCUT2D eigenvalue weighted by Gasteiger charge is -2.19. The Morgan fingerprint density at radius 2 is 2.07 bits per heavy atom. The minimum absolute atomic E-state index is 0.0973. The predicted octanol–water partition coefficient (Wildman–Crippen LogP) is 3.09. The van der Waals surface area contributed by atoms with Gasteiger partial charge in [-0.15, -0.1) is 0 Å². The number of benzene rings is 1. The predicted molar refractivity (Wildman–Crippen MR) is 123 cm³/mol. The molecule has 3 unspecified atom stereocenters. The smallest absolute Gasteiger partial charge is 0.326 e. The Morgan fingerprint density at radius 1 is 1.34 bits per heavy atom. The van der Waals surface area contributed by atoms with Gasteiger partial charge in [0.15, 0.2) is 0 Å². The highest BCUT2D eigenvalue weighted by Crippen LogP contribution is 2.18. The third-order valence-corrected chi connectivity index (χ3v) is 5.49. The zero-order valence-electron chi connectivity index (χ0n) is 17.2. The molecular weight excluding hydrogens is 408 g/mol. The van der Waals surface area contributed by atoms with Gasteiger partial charge in [0, 0.05) is 23.3 Å². The number of carboxylic acids is 1. The van der Waals surface area contributed by atoms with Crippen LogP contribution in [0.5, 0.6) is 5.75 Å². The molecule has 1 aromatic carbocycles. The van der Waals surface area contributed by atoms with Gasteiger partial charge >= 0.3 is 5.97 Å². The third kappa shape index (κ3) is 9.60. The standard InChI is InChI=1S/C21H32N2O4S2/c1-14(2)16(7-8-17(22)13-28)12-27-18-6-4-5-15(11-18)20(24)23-19(21(25)26)9-10-29-3/h4-8,11,14,16-17,19,28H,9-10,12-13,22H2,1-3H3,(H,23,24)(H,25,26). The number of carbonyl (C=O) groups excluding carboxylic acids is 1. The molecule has 4 N–H and O–H groups in total. The maximum Gasteiger partial charge on any atom is 0.326 e. The summed E-state index contributed by atoms with van der Waals surface area (Å²) >= 11 is 5.72. The third-order valence-electron chi connectivity index (χ3n) is 4.43. The summed E-state index contributed by atoms with van der Waals surface area (Å²) in [5.41, 5.74) is 6.25. The molecule has 6 nitrogen and oxygen atoms in total. The van der Waals surface area contributed by atoms with Gasteiger partial charge in [-0.3, -0.25) is 4.79 Å². The van der Waals surface area contributed by atoms with Crippen molar-refractivity contribution in [3.05, 3.63) is 42.0 Å². The average molecular weight is 441 g/mol. The van der Waals surface area contributed by atoms with E-state index in [1.54, 1.807) is 24.3 Å². The fourth-order valence-corrected chi connectivity index (χ4v) is 3.06. The Balaban J connectivity index is 2.76. The number of aliphatic carboxylic acids is 1. The lowest BCUT2D eigenvalue weighted by atomic mass is 9.96. The molecule has 1 rings (SSSR count). The second-order valence-electron chi connectivity index (χ2n) is 7.12. The van der Waals surface area contributed by atoms with Crippen molar-refractivity contribution in [1.29, 1.82) is 0 Å². The van der Waals surface area contributed by atoms with Gasteiger partial charge in [-0.25, -0.2) is 4.79 Å². The number of nitrogens with one attached hydrogen (secondary N) is 1. The van der Waals surface area contributed by atoms with E-state index in [0.29, 0.717) is 41.8 Å². The number of hydrogen-bond donors (Lipinski definition) is 4. The first-order valence-corrected chi connectivity index (χ1v) is 11.6. The molecular formula is C21H32N2O4S2. The van der Waals surface area contributed by atoms with E-state index >= 15 is 0 Å². The average Bonchev–Trinajstić information content (AvgIpc) is 2.70. The summed E-state index contributed by atoms with van der Waals surface area (Å²) in [7, 11) is 0. The van der Waals surface area contributed by atoms with Crippen molar-refractivity contribution < 1.29 is 19.4 Å². The second kappa shape index (κ2) is 13.6. The SMILES string of the molecule is CSCCC(NC(=O)c1cccc(OCC(C=CC(N)CS)C(C)C)c1)C(=O)O. The van der Waals surface area contributed by atoms with E-state index in [1.165, 1.54) is 11.8 Å². The number of ether oxygens (including phenoxy) is 1. The molecule has 0 spiro atoms. The zero-order chi connectivity index (χ0) is 21.8. The van der Waals surface area contributed by atoms with E-state index in [9.17, 15) is 14.7 Å². The van der Waals surface area contributed by atoms with E-state index in [-0.39, 0.29) is 12.0 Å². The highest BCUT2D eigenvalue weighted by molar-refractivity contribution is 7.98. The van der Waals surface area contributed by atoms with Crippen LogP contribution in [0.2, 0.25) is 0 Å². The second-order valence-corrected chi connectivity index (χ2v) is 8.47. The lowest BCUT2D eigenvalue weighted by Crippen LogP contribution is -2.41. The van der Waals surface area contributed by atoms with Crippen molar-refractivity contribution in [1.82, 2.24) is 5.32 Å². The van der Waals surface area contributed by atoms with E-state index in [0.717, 1.165) is 0 Å². The number of carboxylic acid groups (broad SMARTS) is 1. The summed E-state index contributed by atoms with van der Waals surface area (Å²) in [6.45, 7) is 4.66. The van der Waals surface area contributed by atoms with Gasteiger partial charge in [-0.1, -0.05) is 32.1 Å².